The average molecular weight is 417 g/mol. The number of anilines is 1. The number of carbonyl (C=O) groups excluding carboxylic acids is 1. The standard InChI is InChI=1S/C25H25FN4O/c1-17-8-9-18(2)22(15-17)29-24(31)7-3-6-23-28-21-5-4-14-27-25(21)30(23)16-19-10-12-20(26)13-11-19/h4-5,8-15H,3,6-7,16H2,1-2H3,(H,29,31). The first-order valence-electron chi connectivity index (χ1n) is 10.4. The van der Waals surface area contributed by atoms with Crippen LogP contribution in [0.3, 0.4) is 0 Å². The van der Waals surface area contributed by atoms with Crippen LogP contribution >= 0.6 is 0 Å². The lowest BCUT2D eigenvalue weighted by atomic mass is 10.1. The van der Waals surface area contributed by atoms with Crippen molar-refractivity contribution < 1.29 is 9.18 Å². The molecule has 0 aliphatic heterocycles. The Bertz CT molecular complexity index is 1210. The Kier molecular flexibility index (Phi) is 6.07. The van der Waals surface area contributed by atoms with Crippen molar-refractivity contribution in [3.8, 4) is 0 Å². The van der Waals surface area contributed by atoms with Crippen LogP contribution in [0.2, 0.25) is 0 Å². The predicted octanol–water partition coefficient (Wildman–Crippen LogP) is 5.20. The van der Waals surface area contributed by atoms with Crippen LogP contribution in [0.15, 0.2) is 60.8 Å². The van der Waals surface area contributed by atoms with Crippen LogP contribution in [-0.4, -0.2) is 20.4 Å². The maximum Gasteiger partial charge on any atom is 0.224 e. The van der Waals surface area contributed by atoms with E-state index in [1.807, 2.05) is 48.7 Å². The zero-order valence-corrected chi connectivity index (χ0v) is 17.7. The van der Waals surface area contributed by atoms with Gasteiger partial charge in [-0.15, -0.1) is 0 Å². The molecular weight excluding hydrogens is 391 g/mol. The number of rotatable bonds is 7. The van der Waals surface area contributed by atoms with E-state index in [2.05, 4.69) is 10.3 Å². The normalized spacial score (nSPS) is 11.1. The van der Waals surface area contributed by atoms with E-state index in [0.29, 0.717) is 25.8 Å². The highest BCUT2D eigenvalue weighted by molar-refractivity contribution is 5.91. The SMILES string of the molecule is Cc1ccc(C)c(NC(=O)CCCc2nc3cccnc3n2Cc2ccc(F)cc2)c1. The van der Waals surface area contributed by atoms with Gasteiger partial charge in [0.2, 0.25) is 5.91 Å². The molecule has 0 bridgehead atoms. The van der Waals surface area contributed by atoms with Crippen LogP contribution in [0.4, 0.5) is 10.1 Å². The highest BCUT2D eigenvalue weighted by atomic mass is 19.1. The molecule has 0 fully saturated rings. The zero-order valence-electron chi connectivity index (χ0n) is 17.7. The van der Waals surface area contributed by atoms with E-state index in [-0.39, 0.29) is 11.7 Å². The number of amides is 1. The Morgan fingerprint density at radius 1 is 1.10 bits per heavy atom. The number of benzene rings is 2. The molecule has 4 aromatic rings. The molecule has 158 valence electrons. The monoisotopic (exact) mass is 416 g/mol. The van der Waals surface area contributed by atoms with Gasteiger partial charge in [0.05, 0.1) is 6.54 Å². The Morgan fingerprint density at radius 2 is 1.90 bits per heavy atom. The second-order valence-corrected chi connectivity index (χ2v) is 7.81. The van der Waals surface area contributed by atoms with Gasteiger partial charge in [-0.2, -0.15) is 0 Å². The lowest BCUT2D eigenvalue weighted by Crippen LogP contribution is -2.13. The minimum absolute atomic E-state index is 0.00646. The van der Waals surface area contributed by atoms with E-state index in [1.165, 1.54) is 12.1 Å². The fourth-order valence-electron chi connectivity index (χ4n) is 3.63. The summed E-state index contributed by atoms with van der Waals surface area (Å²) in [4.78, 5) is 21.7. The molecule has 0 radical (unpaired) electrons. The number of carbonyl (C=O) groups is 1. The number of nitrogens with one attached hydrogen (secondary N) is 1. The Balaban J connectivity index is 1.46. The number of aryl methyl sites for hydroxylation is 3. The van der Waals surface area contributed by atoms with Crippen molar-refractivity contribution in [1.82, 2.24) is 14.5 Å². The van der Waals surface area contributed by atoms with Crippen LogP contribution in [-0.2, 0) is 17.8 Å². The van der Waals surface area contributed by atoms with Crippen molar-refractivity contribution in [3.63, 3.8) is 0 Å². The highest BCUT2D eigenvalue weighted by Gasteiger charge is 2.13. The lowest BCUT2D eigenvalue weighted by Gasteiger charge is -2.10. The van der Waals surface area contributed by atoms with E-state index in [9.17, 15) is 9.18 Å². The maximum absolute atomic E-state index is 13.3. The third-order valence-electron chi connectivity index (χ3n) is 5.31. The van der Waals surface area contributed by atoms with E-state index in [4.69, 9.17) is 4.98 Å². The quantitative estimate of drug-likeness (QED) is 0.451. The van der Waals surface area contributed by atoms with Crippen LogP contribution < -0.4 is 5.32 Å². The minimum atomic E-state index is -0.257. The van der Waals surface area contributed by atoms with E-state index in [0.717, 1.165) is 39.4 Å². The average Bonchev–Trinajstić information content (AvgIpc) is 3.10. The number of fused-ring (bicyclic) bond motifs is 1. The third kappa shape index (κ3) is 4.97. The van der Waals surface area contributed by atoms with Crippen molar-refractivity contribution in [2.45, 2.75) is 39.7 Å². The molecule has 0 atom stereocenters. The van der Waals surface area contributed by atoms with Gasteiger partial charge in [0.15, 0.2) is 5.65 Å². The molecule has 0 saturated heterocycles. The number of imidazole rings is 1. The molecule has 2 aromatic heterocycles. The minimum Gasteiger partial charge on any atom is -0.326 e. The maximum atomic E-state index is 13.3. The molecular formula is C25H25FN4O. The fraction of sp³-hybridized carbons (Fsp3) is 0.240. The Hall–Kier alpha value is -3.54. The summed E-state index contributed by atoms with van der Waals surface area (Å²) in [6, 6.07) is 16.3. The number of hydrogen-bond acceptors (Lipinski definition) is 3. The van der Waals surface area contributed by atoms with Gasteiger partial charge in [-0.25, -0.2) is 14.4 Å². The molecule has 0 aliphatic carbocycles. The van der Waals surface area contributed by atoms with Gasteiger partial charge in [0.25, 0.3) is 0 Å². The zero-order chi connectivity index (χ0) is 21.8. The summed E-state index contributed by atoms with van der Waals surface area (Å²) in [5.41, 5.74) is 5.60. The Labute approximate surface area is 181 Å². The predicted molar refractivity (Wildman–Crippen MR) is 121 cm³/mol. The third-order valence-corrected chi connectivity index (χ3v) is 5.31. The van der Waals surface area contributed by atoms with Gasteiger partial charge in [0.1, 0.15) is 17.2 Å². The van der Waals surface area contributed by atoms with Gasteiger partial charge < -0.3 is 9.88 Å². The first kappa shape index (κ1) is 20.7. The van der Waals surface area contributed by atoms with Crippen molar-refractivity contribution in [1.29, 1.82) is 0 Å². The molecule has 0 unspecified atom stereocenters. The van der Waals surface area contributed by atoms with Crippen molar-refractivity contribution in [3.05, 3.63) is 89.1 Å². The van der Waals surface area contributed by atoms with Crippen molar-refractivity contribution >= 4 is 22.8 Å². The molecule has 0 aliphatic rings. The number of pyridine rings is 1. The van der Waals surface area contributed by atoms with Crippen LogP contribution in [0, 0.1) is 19.7 Å². The second-order valence-electron chi connectivity index (χ2n) is 7.81. The molecule has 6 heteroatoms. The molecule has 5 nitrogen and oxygen atoms in total. The fourth-order valence-corrected chi connectivity index (χ4v) is 3.63. The summed E-state index contributed by atoms with van der Waals surface area (Å²) in [5.74, 6) is 0.609. The number of aromatic nitrogens is 3. The summed E-state index contributed by atoms with van der Waals surface area (Å²) < 4.78 is 15.3. The molecule has 0 saturated carbocycles. The molecule has 2 aromatic carbocycles. The largest absolute Gasteiger partial charge is 0.326 e. The van der Waals surface area contributed by atoms with E-state index >= 15 is 0 Å². The number of hydrogen-bond donors (Lipinski definition) is 1. The van der Waals surface area contributed by atoms with E-state index in [1.54, 1.807) is 18.3 Å². The van der Waals surface area contributed by atoms with Crippen LogP contribution in [0.5, 0.6) is 0 Å². The van der Waals surface area contributed by atoms with Crippen molar-refractivity contribution in [2.24, 2.45) is 0 Å². The topological polar surface area (TPSA) is 59.8 Å². The van der Waals surface area contributed by atoms with E-state index < -0.39 is 0 Å². The molecule has 1 N–H and O–H groups in total. The summed E-state index contributed by atoms with van der Waals surface area (Å²) in [6.07, 6.45) is 3.47. The van der Waals surface area contributed by atoms with Crippen LogP contribution in [0.25, 0.3) is 11.2 Å². The number of nitrogens with zero attached hydrogens (tertiary/aromatic N) is 3. The van der Waals surface area contributed by atoms with Gasteiger partial charge in [-0.05, 0) is 67.3 Å². The molecule has 1 amide bonds. The Morgan fingerprint density at radius 3 is 2.71 bits per heavy atom. The summed E-state index contributed by atoms with van der Waals surface area (Å²) in [5, 5.41) is 3.01. The first-order chi connectivity index (χ1) is 15.0. The molecule has 0 spiro atoms. The molecule has 4 rings (SSSR count). The first-order valence-corrected chi connectivity index (χ1v) is 10.4. The van der Waals surface area contributed by atoms with Gasteiger partial charge in [-0.3, -0.25) is 4.79 Å². The summed E-state index contributed by atoms with van der Waals surface area (Å²) in [7, 11) is 0. The van der Waals surface area contributed by atoms with Crippen LogP contribution in [0.1, 0.15) is 35.4 Å². The second kappa shape index (κ2) is 9.08. The van der Waals surface area contributed by atoms with Crippen molar-refractivity contribution in [2.75, 3.05) is 5.32 Å². The molecule has 2 heterocycles. The van der Waals surface area contributed by atoms with Gasteiger partial charge in [-0.1, -0.05) is 24.3 Å². The highest BCUT2D eigenvalue weighted by Crippen LogP contribution is 2.19. The van der Waals surface area contributed by atoms with Gasteiger partial charge >= 0.3 is 0 Å². The molecule has 31 heavy (non-hydrogen) atoms. The summed E-state index contributed by atoms with van der Waals surface area (Å²) in [6.45, 7) is 4.55. The number of halogens is 1. The van der Waals surface area contributed by atoms with Gasteiger partial charge in [0, 0.05) is 24.7 Å². The smallest absolute Gasteiger partial charge is 0.224 e. The lowest BCUT2D eigenvalue weighted by molar-refractivity contribution is -0.116. The summed E-state index contributed by atoms with van der Waals surface area (Å²) >= 11 is 0.